The van der Waals surface area contributed by atoms with E-state index in [4.69, 9.17) is 9.47 Å². The van der Waals surface area contributed by atoms with E-state index >= 15 is 0 Å². The first kappa shape index (κ1) is 15.8. The summed E-state index contributed by atoms with van der Waals surface area (Å²) in [6.07, 6.45) is -0.131. The molecule has 0 bridgehead atoms. The summed E-state index contributed by atoms with van der Waals surface area (Å²) in [6.45, 7) is 6.94. The summed E-state index contributed by atoms with van der Waals surface area (Å²) in [5.41, 5.74) is -0.512. The van der Waals surface area contributed by atoms with Crippen LogP contribution in [-0.2, 0) is 19.0 Å². The van der Waals surface area contributed by atoms with Crippen LogP contribution in [0.4, 0.5) is 4.79 Å². The van der Waals surface area contributed by atoms with Crippen LogP contribution < -0.4 is 5.32 Å². The minimum atomic E-state index is -0.512. The van der Waals surface area contributed by atoms with E-state index in [0.29, 0.717) is 26.2 Å². The lowest BCUT2D eigenvalue weighted by Crippen LogP contribution is -2.37. The number of hydrogen-bond donors (Lipinski definition) is 1. The minimum Gasteiger partial charge on any atom is -0.469 e. The quantitative estimate of drug-likeness (QED) is 0.782. The number of nitrogens with one attached hydrogen (secondary N) is 1. The monoisotopic (exact) mass is 273 g/mol. The van der Waals surface area contributed by atoms with Gasteiger partial charge in [-0.2, -0.15) is 0 Å². The molecule has 0 radical (unpaired) electrons. The van der Waals surface area contributed by atoms with Gasteiger partial charge in [0.05, 0.1) is 26.7 Å². The molecule has 6 nitrogen and oxygen atoms in total. The maximum absolute atomic E-state index is 11.5. The van der Waals surface area contributed by atoms with Crippen molar-refractivity contribution in [3.63, 3.8) is 0 Å². The maximum Gasteiger partial charge on any atom is 0.407 e. The zero-order valence-electron chi connectivity index (χ0n) is 12.0. The van der Waals surface area contributed by atoms with Crippen molar-refractivity contribution in [2.45, 2.75) is 32.8 Å². The number of methoxy groups -OCH3 is 1. The zero-order valence-corrected chi connectivity index (χ0v) is 12.0. The predicted octanol–water partition coefficient (Wildman–Crippen LogP) is 1.34. The van der Waals surface area contributed by atoms with Gasteiger partial charge in [0.1, 0.15) is 5.60 Å². The van der Waals surface area contributed by atoms with Crippen LogP contribution in [0.25, 0.3) is 0 Å². The molecule has 0 unspecified atom stereocenters. The molecular weight excluding hydrogens is 250 g/mol. The lowest BCUT2D eigenvalue weighted by molar-refractivity contribution is -0.142. The average molecular weight is 273 g/mol. The summed E-state index contributed by atoms with van der Waals surface area (Å²) >= 11 is 0. The van der Waals surface area contributed by atoms with E-state index in [2.05, 4.69) is 10.1 Å². The largest absolute Gasteiger partial charge is 0.469 e. The Kier molecular flexibility index (Phi) is 5.60. The second-order valence-corrected chi connectivity index (χ2v) is 5.72. The molecule has 1 amide bonds. The van der Waals surface area contributed by atoms with Gasteiger partial charge < -0.3 is 19.5 Å². The third-order valence-electron chi connectivity index (χ3n) is 2.89. The molecule has 1 heterocycles. The van der Waals surface area contributed by atoms with Crippen LogP contribution in [0.15, 0.2) is 0 Å². The van der Waals surface area contributed by atoms with Crippen LogP contribution in [0.5, 0.6) is 0 Å². The molecule has 1 fully saturated rings. The van der Waals surface area contributed by atoms with Gasteiger partial charge in [-0.1, -0.05) is 0 Å². The fraction of sp³-hybridized carbons (Fsp3) is 0.846. The van der Waals surface area contributed by atoms with Crippen LogP contribution in [0.3, 0.4) is 0 Å². The van der Waals surface area contributed by atoms with Crippen molar-refractivity contribution in [2.75, 3.05) is 26.9 Å². The van der Waals surface area contributed by atoms with Crippen molar-refractivity contribution in [2.24, 2.45) is 11.8 Å². The van der Waals surface area contributed by atoms with E-state index in [9.17, 15) is 9.59 Å². The molecule has 1 rings (SSSR count). The summed E-state index contributed by atoms with van der Waals surface area (Å²) in [4.78, 5) is 22.8. The smallest absolute Gasteiger partial charge is 0.407 e. The second kappa shape index (κ2) is 6.75. The van der Waals surface area contributed by atoms with Crippen molar-refractivity contribution >= 4 is 12.1 Å². The van der Waals surface area contributed by atoms with Gasteiger partial charge in [0.2, 0.25) is 0 Å². The Labute approximate surface area is 113 Å². The molecule has 1 N–H and O–H groups in total. The summed E-state index contributed by atoms with van der Waals surface area (Å²) in [5, 5.41) is 2.71. The Bertz CT molecular complexity index is 323. The Balaban J connectivity index is 2.35. The summed E-state index contributed by atoms with van der Waals surface area (Å²) in [7, 11) is 1.37. The summed E-state index contributed by atoms with van der Waals surface area (Å²) in [5.74, 6) is -0.0493. The number of rotatable bonds is 4. The van der Waals surface area contributed by atoms with E-state index in [1.165, 1.54) is 7.11 Å². The van der Waals surface area contributed by atoms with Crippen LogP contribution in [0.1, 0.15) is 27.2 Å². The molecule has 0 spiro atoms. The molecule has 6 heteroatoms. The van der Waals surface area contributed by atoms with Crippen molar-refractivity contribution in [1.82, 2.24) is 5.32 Å². The number of esters is 1. The number of carbonyl (C=O) groups is 2. The second-order valence-electron chi connectivity index (χ2n) is 5.72. The first-order valence-electron chi connectivity index (χ1n) is 6.43. The molecule has 0 aromatic heterocycles. The van der Waals surface area contributed by atoms with Crippen LogP contribution >= 0.6 is 0 Å². The summed E-state index contributed by atoms with van der Waals surface area (Å²) < 4.78 is 15.1. The molecule has 110 valence electrons. The number of carbonyl (C=O) groups excluding carboxylic acids is 2. The Morgan fingerprint density at radius 3 is 2.47 bits per heavy atom. The fourth-order valence-corrected chi connectivity index (χ4v) is 1.92. The Hall–Kier alpha value is -1.30. The van der Waals surface area contributed by atoms with Gasteiger partial charge in [0.25, 0.3) is 0 Å². The first-order chi connectivity index (χ1) is 8.81. The lowest BCUT2D eigenvalue weighted by Gasteiger charge is -2.21. The predicted molar refractivity (Wildman–Crippen MR) is 68.7 cm³/mol. The topological polar surface area (TPSA) is 73.9 Å². The number of hydrogen-bond acceptors (Lipinski definition) is 5. The molecule has 0 saturated carbocycles. The van der Waals surface area contributed by atoms with Gasteiger partial charge in [-0.05, 0) is 26.7 Å². The highest BCUT2D eigenvalue weighted by molar-refractivity contribution is 5.69. The fourth-order valence-electron chi connectivity index (χ4n) is 1.92. The molecule has 1 aliphatic rings. The van der Waals surface area contributed by atoms with Crippen LogP contribution in [-0.4, -0.2) is 44.5 Å². The molecule has 1 saturated heterocycles. The van der Waals surface area contributed by atoms with Crippen molar-refractivity contribution in [3.8, 4) is 0 Å². The third-order valence-corrected chi connectivity index (χ3v) is 2.89. The number of amides is 1. The van der Waals surface area contributed by atoms with Gasteiger partial charge in [0.15, 0.2) is 0 Å². The highest BCUT2D eigenvalue weighted by atomic mass is 16.6. The van der Waals surface area contributed by atoms with E-state index in [-0.39, 0.29) is 17.8 Å². The van der Waals surface area contributed by atoms with E-state index in [0.717, 1.165) is 0 Å². The van der Waals surface area contributed by atoms with Crippen molar-refractivity contribution in [3.05, 3.63) is 0 Å². The molecule has 2 atom stereocenters. The van der Waals surface area contributed by atoms with Gasteiger partial charge in [-0.25, -0.2) is 4.79 Å². The van der Waals surface area contributed by atoms with Crippen molar-refractivity contribution < 1.29 is 23.8 Å². The average Bonchev–Trinajstić information content (AvgIpc) is 2.71. The maximum atomic E-state index is 11.5. The van der Waals surface area contributed by atoms with E-state index in [1.807, 2.05) is 20.8 Å². The molecule has 19 heavy (non-hydrogen) atoms. The Morgan fingerprint density at radius 2 is 1.89 bits per heavy atom. The Morgan fingerprint density at radius 1 is 1.26 bits per heavy atom. The van der Waals surface area contributed by atoms with Crippen molar-refractivity contribution in [1.29, 1.82) is 0 Å². The van der Waals surface area contributed by atoms with Gasteiger partial charge in [-0.15, -0.1) is 0 Å². The van der Waals surface area contributed by atoms with E-state index < -0.39 is 11.7 Å². The lowest BCUT2D eigenvalue weighted by atomic mass is 9.93. The molecule has 0 aromatic rings. The van der Waals surface area contributed by atoms with Crippen LogP contribution in [0.2, 0.25) is 0 Å². The zero-order chi connectivity index (χ0) is 14.5. The highest BCUT2D eigenvalue weighted by Crippen LogP contribution is 2.23. The standard InChI is InChI=1S/C13H23NO5/c1-13(2,3)19-12(16)14-6-10-8-18-7-9(10)5-11(15)17-4/h9-10H,5-8H2,1-4H3,(H,14,16)/t9-,10-/m1/s1. The van der Waals surface area contributed by atoms with E-state index in [1.54, 1.807) is 0 Å². The highest BCUT2D eigenvalue weighted by Gasteiger charge is 2.31. The SMILES string of the molecule is COC(=O)C[C@@H]1COC[C@H]1CNC(=O)OC(C)(C)C. The van der Waals surface area contributed by atoms with Crippen LogP contribution in [0, 0.1) is 11.8 Å². The molecular formula is C13H23NO5. The minimum absolute atomic E-state index is 0.0855. The van der Waals surface area contributed by atoms with Gasteiger partial charge in [0, 0.05) is 12.5 Å². The first-order valence-corrected chi connectivity index (χ1v) is 6.43. The number of ether oxygens (including phenoxy) is 3. The summed E-state index contributed by atoms with van der Waals surface area (Å²) in [6, 6.07) is 0. The van der Waals surface area contributed by atoms with Gasteiger partial charge in [-0.3, -0.25) is 4.79 Å². The number of alkyl carbamates (subject to hydrolysis) is 1. The third kappa shape index (κ3) is 5.92. The molecule has 1 aliphatic heterocycles. The molecule has 0 aliphatic carbocycles. The van der Waals surface area contributed by atoms with Gasteiger partial charge >= 0.3 is 12.1 Å². The normalized spacial score (nSPS) is 22.9. The molecule has 0 aromatic carbocycles.